The van der Waals surface area contributed by atoms with Gasteiger partial charge in [-0.1, -0.05) is 28.4 Å². The van der Waals surface area contributed by atoms with Crippen LogP contribution >= 0.6 is 23.2 Å². The number of rotatable bonds is 3. The topological polar surface area (TPSA) is 55.6 Å². The van der Waals surface area contributed by atoms with Crippen LogP contribution in [0.3, 0.4) is 0 Å². The summed E-state index contributed by atoms with van der Waals surface area (Å²) in [6, 6.07) is 5.18. The molecule has 0 saturated heterocycles. The predicted octanol–water partition coefficient (Wildman–Crippen LogP) is 3.33. The molecular weight excluding hydrogens is 327 g/mol. The van der Waals surface area contributed by atoms with Crippen molar-refractivity contribution in [2.75, 3.05) is 13.7 Å². The second kappa shape index (κ2) is 6.28. The van der Waals surface area contributed by atoms with E-state index in [2.05, 4.69) is 5.16 Å². The number of benzene rings is 1. The van der Waals surface area contributed by atoms with E-state index in [-0.39, 0.29) is 18.2 Å². The van der Waals surface area contributed by atoms with Gasteiger partial charge in [-0.25, -0.2) is 0 Å². The maximum Gasteiger partial charge on any atom is 0.276 e. The predicted molar refractivity (Wildman–Crippen MR) is 82.1 cm³/mol. The van der Waals surface area contributed by atoms with E-state index >= 15 is 0 Å². The molecule has 0 saturated carbocycles. The normalized spacial score (nSPS) is 14.0. The lowest BCUT2D eigenvalue weighted by molar-refractivity contribution is 0.0723. The molecule has 2 heterocycles. The smallest absolute Gasteiger partial charge is 0.276 e. The third kappa shape index (κ3) is 2.97. The van der Waals surface area contributed by atoms with Crippen LogP contribution in [0.25, 0.3) is 0 Å². The molecule has 1 aliphatic rings. The van der Waals surface area contributed by atoms with Gasteiger partial charge < -0.3 is 14.2 Å². The monoisotopic (exact) mass is 340 g/mol. The van der Waals surface area contributed by atoms with E-state index in [0.717, 1.165) is 11.1 Å². The second-order valence-electron chi connectivity index (χ2n) is 5.11. The molecule has 1 amide bonds. The molecule has 22 heavy (non-hydrogen) atoms. The molecular formula is C15H14Cl2N2O3. The van der Waals surface area contributed by atoms with Crippen molar-refractivity contribution in [2.45, 2.75) is 19.6 Å². The number of ether oxygens (including phenoxy) is 1. The highest BCUT2D eigenvalue weighted by Gasteiger charge is 2.25. The van der Waals surface area contributed by atoms with Gasteiger partial charge >= 0.3 is 0 Å². The summed E-state index contributed by atoms with van der Waals surface area (Å²) < 4.78 is 10.0. The zero-order valence-corrected chi connectivity index (χ0v) is 13.4. The Kier molecular flexibility index (Phi) is 4.38. The molecule has 0 bridgehead atoms. The Labute approximate surface area is 137 Å². The minimum Gasteiger partial charge on any atom is -0.377 e. The van der Waals surface area contributed by atoms with Crippen LogP contribution < -0.4 is 0 Å². The molecule has 2 aromatic rings. The van der Waals surface area contributed by atoms with E-state index in [1.165, 1.54) is 0 Å². The maximum absolute atomic E-state index is 12.5. The third-order valence-corrected chi connectivity index (χ3v) is 4.15. The zero-order chi connectivity index (χ0) is 15.7. The molecule has 0 spiro atoms. The van der Waals surface area contributed by atoms with Crippen molar-refractivity contribution >= 4 is 29.1 Å². The van der Waals surface area contributed by atoms with Crippen molar-refractivity contribution in [3.63, 3.8) is 0 Å². The van der Waals surface area contributed by atoms with Crippen LogP contribution in [-0.4, -0.2) is 29.6 Å². The number of carbonyl (C=O) groups is 1. The number of halogens is 2. The zero-order valence-electron chi connectivity index (χ0n) is 11.9. The molecule has 0 N–H and O–H groups in total. The first-order chi connectivity index (χ1) is 10.6. The van der Waals surface area contributed by atoms with E-state index in [0.29, 0.717) is 35.3 Å². The van der Waals surface area contributed by atoms with Gasteiger partial charge in [-0.15, -0.1) is 0 Å². The molecule has 0 aliphatic carbocycles. The summed E-state index contributed by atoms with van der Waals surface area (Å²) in [7, 11) is 1.55. The van der Waals surface area contributed by atoms with Crippen molar-refractivity contribution in [2.24, 2.45) is 0 Å². The lowest BCUT2D eigenvalue weighted by atomic mass is 9.99. The Morgan fingerprint density at radius 3 is 3.00 bits per heavy atom. The van der Waals surface area contributed by atoms with E-state index in [4.69, 9.17) is 32.5 Å². The average molecular weight is 341 g/mol. The van der Waals surface area contributed by atoms with Gasteiger partial charge in [-0.05, 0) is 29.7 Å². The van der Waals surface area contributed by atoms with Crippen LogP contribution in [0.2, 0.25) is 10.0 Å². The SMILES string of the molecule is COCc1cc(C(=O)N2CCc3c(Cl)cc(Cl)cc3C2)no1. The molecule has 1 aromatic heterocycles. The third-order valence-electron chi connectivity index (χ3n) is 3.60. The van der Waals surface area contributed by atoms with Gasteiger partial charge in [0.25, 0.3) is 5.91 Å². The molecule has 0 atom stereocenters. The molecule has 0 unspecified atom stereocenters. The molecule has 0 radical (unpaired) electrons. The molecule has 1 aliphatic heterocycles. The van der Waals surface area contributed by atoms with E-state index in [9.17, 15) is 4.79 Å². The fourth-order valence-corrected chi connectivity index (χ4v) is 3.20. The lowest BCUT2D eigenvalue weighted by Crippen LogP contribution is -2.36. The summed E-state index contributed by atoms with van der Waals surface area (Å²) in [5.74, 6) is 0.349. The maximum atomic E-state index is 12.5. The number of methoxy groups -OCH3 is 1. The van der Waals surface area contributed by atoms with Crippen molar-refractivity contribution in [3.05, 3.63) is 50.8 Å². The van der Waals surface area contributed by atoms with E-state index in [1.807, 2.05) is 6.07 Å². The number of hydrogen-bond acceptors (Lipinski definition) is 4. The fraction of sp³-hybridized carbons (Fsp3) is 0.333. The standard InChI is InChI=1S/C15H14Cl2N2O3/c1-21-8-11-6-14(18-22-11)15(20)19-3-2-12-9(7-19)4-10(16)5-13(12)17/h4-6H,2-3,7-8H2,1H3. The molecule has 1 aromatic carbocycles. The van der Waals surface area contributed by atoms with Crippen molar-refractivity contribution in [1.82, 2.24) is 10.1 Å². The van der Waals surface area contributed by atoms with Gasteiger partial charge in [-0.2, -0.15) is 0 Å². The number of amides is 1. The van der Waals surface area contributed by atoms with Crippen molar-refractivity contribution in [1.29, 1.82) is 0 Å². The molecule has 0 fully saturated rings. The van der Waals surface area contributed by atoms with E-state index in [1.54, 1.807) is 24.1 Å². The van der Waals surface area contributed by atoms with Crippen LogP contribution in [0.5, 0.6) is 0 Å². The first kappa shape index (κ1) is 15.3. The minimum atomic E-state index is -0.173. The summed E-state index contributed by atoms with van der Waals surface area (Å²) >= 11 is 12.2. The largest absolute Gasteiger partial charge is 0.377 e. The number of nitrogens with zero attached hydrogens (tertiary/aromatic N) is 2. The summed E-state index contributed by atoms with van der Waals surface area (Å²) in [5, 5.41) is 5.03. The Morgan fingerprint density at radius 2 is 2.23 bits per heavy atom. The van der Waals surface area contributed by atoms with Gasteiger partial charge in [0, 0.05) is 36.3 Å². The lowest BCUT2D eigenvalue weighted by Gasteiger charge is -2.29. The van der Waals surface area contributed by atoms with E-state index < -0.39 is 0 Å². The highest BCUT2D eigenvalue weighted by atomic mass is 35.5. The van der Waals surface area contributed by atoms with Gasteiger partial charge in [0.15, 0.2) is 11.5 Å². The number of aromatic nitrogens is 1. The first-order valence-electron chi connectivity index (χ1n) is 6.79. The number of carbonyl (C=O) groups excluding carboxylic acids is 1. The number of fused-ring (bicyclic) bond motifs is 1. The Balaban J connectivity index is 1.80. The highest BCUT2D eigenvalue weighted by Crippen LogP contribution is 2.30. The second-order valence-corrected chi connectivity index (χ2v) is 5.96. The molecule has 7 heteroatoms. The van der Waals surface area contributed by atoms with Crippen LogP contribution in [-0.2, 0) is 24.3 Å². The van der Waals surface area contributed by atoms with Crippen molar-refractivity contribution in [3.8, 4) is 0 Å². The molecule has 3 rings (SSSR count). The average Bonchev–Trinajstić information content (AvgIpc) is 2.94. The summed E-state index contributed by atoms with van der Waals surface area (Å²) in [6.07, 6.45) is 0.694. The van der Waals surface area contributed by atoms with Crippen LogP contribution in [0.1, 0.15) is 27.4 Å². The Morgan fingerprint density at radius 1 is 1.41 bits per heavy atom. The number of hydrogen-bond donors (Lipinski definition) is 0. The van der Waals surface area contributed by atoms with Gasteiger partial charge in [-0.3, -0.25) is 4.79 Å². The van der Waals surface area contributed by atoms with Gasteiger partial charge in [0.1, 0.15) is 6.61 Å². The van der Waals surface area contributed by atoms with Crippen molar-refractivity contribution < 1.29 is 14.1 Å². The highest BCUT2D eigenvalue weighted by molar-refractivity contribution is 6.35. The van der Waals surface area contributed by atoms with Gasteiger partial charge in [0.05, 0.1) is 0 Å². The quantitative estimate of drug-likeness (QED) is 0.859. The molecule has 5 nitrogen and oxygen atoms in total. The first-order valence-corrected chi connectivity index (χ1v) is 7.54. The van der Waals surface area contributed by atoms with Crippen LogP contribution in [0, 0.1) is 0 Å². The van der Waals surface area contributed by atoms with Crippen LogP contribution in [0.15, 0.2) is 22.7 Å². The molecule has 116 valence electrons. The fourth-order valence-electron chi connectivity index (χ4n) is 2.57. The Hall–Kier alpha value is -1.56. The van der Waals surface area contributed by atoms with Crippen LogP contribution in [0.4, 0.5) is 0 Å². The summed E-state index contributed by atoms with van der Waals surface area (Å²) in [5.41, 5.74) is 2.30. The summed E-state index contributed by atoms with van der Waals surface area (Å²) in [4.78, 5) is 14.2. The minimum absolute atomic E-state index is 0.173. The summed E-state index contributed by atoms with van der Waals surface area (Å²) in [6.45, 7) is 1.33. The Bertz CT molecular complexity index is 715. The van der Waals surface area contributed by atoms with Gasteiger partial charge in [0.2, 0.25) is 0 Å².